The third kappa shape index (κ3) is 2.33. The summed E-state index contributed by atoms with van der Waals surface area (Å²) in [6.45, 7) is 4.19. The number of hydrogen-bond acceptors (Lipinski definition) is 5. The summed E-state index contributed by atoms with van der Waals surface area (Å²) in [5, 5.41) is 7.67. The Labute approximate surface area is 88.2 Å². The van der Waals surface area contributed by atoms with Crippen molar-refractivity contribution in [2.45, 2.75) is 26.5 Å². The van der Waals surface area contributed by atoms with Gasteiger partial charge in [-0.3, -0.25) is 0 Å². The van der Waals surface area contributed by atoms with Crippen molar-refractivity contribution < 1.29 is 14.3 Å². The van der Waals surface area contributed by atoms with E-state index in [1.54, 1.807) is 11.8 Å². The van der Waals surface area contributed by atoms with Crippen molar-refractivity contribution in [2.24, 2.45) is 0 Å². The van der Waals surface area contributed by atoms with Crippen molar-refractivity contribution in [3.8, 4) is 0 Å². The zero-order chi connectivity index (χ0) is 11.4. The van der Waals surface area contributed by atoms with Crippen molar-refractivity contribution in [1.29, 1.82) is 0 Å². The molecule has 6 heteroatoms. The average Bonchev–Trinajstić information content (AvgIpc) is 2.61. The normalized spacial score (nSPS) is 10.7. The van der Waals surface area contributed by atoms with E-state index in [9.17, 15) is 4.79 Å². The smallest absolute Gasteiger partial charge is 0.360 e. The van der Waals surface area contributed by atoms with Gasteiger partial charge in [-0.15, -0.1) is 5.10 Å². The maximum absolute atomic E-state index is 11.4. The van der Waals surface area contributed by atoms with Crippen LogP contribution in [-0.2, 0) is 16.1 Å². The number of ether oxygens (including phenoxy) is 2. The van der Waals surface area contributed by atoms with Gasteiger partial charge in [0.15, 0.2) is 5.69 Å². The van der Waals surface area contributed by atoms with Gasteiger partial charge in [0.2, 0.25) is 0 Å². The van der Waals surface area contributed by atoms with Gasteiger partial charge in [0.25, 0.3) is 0 Å². The maximum Gasteiger partial charge on any atom is 0.360 e. The molecule has 0 atom stereocenters. The standard InChI is InChI=1S/C9H15N3O3/c1-6(2)12-7(5-14-3)8(10-11-12)9(13)15-4/h6H,5H2,1-4H3. The Kier molecular flexibility index (Phi) is 3.79. The molecule has 0 saturated heterocycles. The van der Waals surface area contributed by atoms with E-state index < -0.39 is 5.97 Å². The van der Waals surface area contributed by atoms with Crippen LogP contribution in [0.3, 0.4) is 0 Å². The van der Waals surface area contributed by atoms with Crippen molar-refractivity contribution in [2.75, 3.05) is 14.2 Å². The van der Waals surface area contributed by atoms with Crippen LogP contribution in [0.5, 0.6) is 0 Å². The van der Waals surface area contributed by atoms with Crippen LogP contribution in [-0.4, -0.2) is 35.2 Å². The number of esters is 1. The fraction of sp³-hybridized carbons (Fsp3) is 0.667. The summed E-state index contributed by atoms with van der Waals surface area (Å²) in [6.07, 6.45) is 0. The number of hydrogen-bond donors (Lipinski definition) is 0. The lowest BCUT2D eigenvalue weighted by atomic mass is 10.3. The average molecular weight is 213 g/mol. The van der Waals surface area contributed by atoms with Crippen LogP contribution in [0.25, 0.3) is 0 Å². The quantitative estimate of drug-likeness (QED) is 0.692. The van der Waals surface area contributed by atoms with Crippen LogP contribution in [0.2, 0.25) is 0 Å². The lowest BCUT2D eigenvalue weighted by Crippen LogP contribution is -2.12. The van der Waals surface area contributed by atoms with Gasteiger partial charge in [0, 0.05) is 13.2 Å². The zero-order valence-corrected chi connectivity index (χ0v) is 9.35. The number of rotatable bonds is 4. The topological polar surface area (TPSA) is 66.2 Å². The first kappa shape index (κ1) is 11.6. The Hall–Kier alpha value is -1.43. The monoisotopic (exact) mass is 213 g/mol. The third-order valence-corrected chi connectivity index (χ3v) is 1.94. The van der Waals surface area contributed by atoms with Gasteiger partial charge in [-0.2, -0.15) is 0 Å². The minimum atomic E-state index is -0.492. The molecule has 84 valence electrons. The fourth-order valence-corrected chi connectivity index (χ4v) is 1.25. The molecule has 0 spiro atoms. The van der Waals surface area contributed by atoms with E-state index >= 15 is 0 Å². The molecular formula is C9H15N3O3. The van der Waals surface area contributed by atoms with Crippen molar-refractivity contribution >= 4 is 5.97 Å². The van der Waals surface area contributed by atoms with Crippen LogP contribution in [0, 0.1) is 0 Å². The van der Waals surface area contributed by atoms with Crippen LogP contribution in [0.1, 0.15) is 36.1 Å². The van der Waals surface area contributed by atoms with Gasteiger partial charge in [0.1, 0.15) is 0 Å². The van der Waals surface area contributed by atoms with E-state index in [4.69, 9.17) is 4.74 Å². The molecule has 0 saturated carbocycles. The number of methoxy groups -OCH3 is 2. The molecule has 0 amide bonds. The highest BCUT2D eigenvalue weighted by atomic mass is 16.5. The molecule has 6 nitrogen and oxygen atoms in total. The fourth-order valence-electron chi connectivity index (χ4n) is 1.25. The van der Waals surface area contributed by atoms with Gasteiger partial charge >= 0.3 is 5.97 Å². The summed E-state index contributed by atoms with van der Waals surface area (Å²) in [5.74, 6) is -0.492. The van der Waals surface area contributed by atoms with Crippen molar-refractivity contribution in [1.82, 2.24) is 15.0 Å². The van der Waals surface area contributed by atoms with Crippen LogP contribution >= 0.6 is 0 Å². The predicted octanol–water partition coefficient (Wildman–Crippen LogP) is 0.792. The molecule has 0 N–H and O–H groups in total. The molecule has 1 heterocycles. The lowest BCUT2D eigenvalue weighted by Gasteiger charge is -2.09. The number of nitrogens with zero attached hydrogens (tertiary/aromatic N) is 3. The van der Waals surface area contributed by atoms with Gasteiger partial charge < -0.3 is 9.47 Å². The summed E-state index contributed by atoms with van der Waals surface area (Å²) in [7, 11) is 2.87. The highest BCUT2D eigenvalue weighted by Crippen LogP contribution is 2.13. The van der Waals surface area contributed by atoms with E-state index in [1.165, 1.54) is 7.11 Å². The second-order valence-electron chi connectivity index (χ2n) is 3.35. The molecule has 0 radical (unpaired) electrons. The minimum Gasteiger partial charge on any atom is -0.464 e. The summed E-state index contributed by atoms with van der Waals surface area (Å²) in [5.41, 5.74) is 0.854. The Morgan fingerprint density at radius 3 is 2.60 bits per heavy atom. The molecular weight excluding hydrogens is 198 g/mol. The summed E-state index contributed by atoms with van der Waals surface area (Å²) < 4.78 is 11.3. The summed E-state index contributed by atoms with van der Waals surface area (Å²) in [6, 6.07) is 0.126. The van der Waals surface area contributed by atoms with Crippen LogP contribution in [0.15, 0.2) is 0 Å². The first-order valence-corrected chi connectivity index (χ1v) is 4.63. The van der Waals surface area contributed by atoms with E-state index in [2.05, 4.69) is 15.0 Å². The first-order chi connectivity index (χ1) is 7.11. The van der Waals surface area contributed by atoms with E-state index in [0.29, 0.717) is 5.69 Å². The molecule has 0 bridgehead atoms. The number of carbonyl (C=O) groups excluding carboxylic acids is 1. The van der Waals surface area contributed by atoms with E-state index in [-0.39, 0.29) is 18.3 Å². The highest BCUT2D eigenvalue weighted by Gasteiger charge is 2.21. The number of aromatic nitrogens is 3. The van der Waals surface area contributed by atoms with Crippen molar-refractivity contribution in [3.63, 3.8) is 0 Å². The molecule has 0 aromatic carbocycles. The third-order valence-electron chi connectivity index (χ3n) is 1.94. The summed E-state index contributed by atoms with van der Waals surface area (Å²) in [4.78, 5) is 11.4. The predicted molar refractivity (Wildman–Crippen MR) is 52.5 cm³/mol. The van der Waals surface area contributed by atoms with Gasteiger partial charge in [0.05, 0.1) is 19.4 Å². The van der Waals surface area contributed by atoms with Crippen LogP contribution < -0.4 is 0 Å². The maximum atomic E-state index is 11.4. The minimum absolute atomic E-state index is 0.126. The Morgan fingerprint density at radius 1 is 1.47 bits per heavy atom. The largest absolute Gasteiger partial charge is 0.464 e. The second-order valence-corrected chi connectivity index (χ2v) is 3.35. The zero-order valence-electron chi connectivity index (χ0n) is 9.35. The highest BCUT2D eigenvalue weighted by molar-refractivity contribution is 5.88. The second kappa shape index (κ2) is 4.88. The molecule has 15 heavy (non-hydrogen) atoms. The molecule has 1 aromatic heterocycles. The molecule has 0 fully saturated rings. The molecule has 0 aliphatic carbocycles. The first-order valence-electron chi connectivity index (χ1n) is 4.63. The van der Waals surface area contributed by atoms with Gasteiger partial charge in [-0.1, -0.05) is 5.21 Å². The Bertz CT molecular complexity index is 346. The Morgan fingerprint density at radius 2 is 2.13 bits per heavy atom. The Balaban J connectivity index is 3.11. The SMILES string of the molecule is COCc1c(C(=O)OC)nnn1C(C)C. The summed E-state index contributed by atoms with van der Waals surface area (Å²) >= 11 is 0. The van der Waals surface area contributed by atoms with Crippen LogP contribution in [0.4, 0.5) is 0 Å². The molecule has 1 rings (SSSR count). The molecule has 0 aliphatic heterocycles. The number of carbonyl (C=O) groups is 1. The van der Waals surface area contributed by atoms with Crippen molar-refractivity contribution in [3.05, 3.63) is 11.4 Å². The molecule has 1 aromatic rings. The molecule has 0 unspecified atom stereocenters. The molecule has 0 aliphatic rings. The van der Waals surface area contributed by atoms with E-state index in [1.807, 2.05) is 13.8 Å². The lowest BCUT2D eigenvalue weighted by molar-refractivity contribution is 0.0588. The van der Waals surface area contributed by atoms with Gasteiger partial charge in [-0.25, -0.2) is 9.48 Å². The van der Waals surface area contributed by atoms with E-state index in [0.717, 1.165) is 0 Å². The van der Waals surface area contributed by atoms with Gasteiger partial charge in [-0.05, 0) is 13.8 Å².